The molecule has 0 radical (unpaired) electrons. The van der Waals surface area contributed by atoms with Gasteiger partial charge in [-0.1, -0.05) is 17.4 Å². The Bertz CT molecular complexity index is 750. The third kappa shape index (κ3) is 2.59. The number of aromatic nitrogens is 1. The van der Waals surface area contributed by atoms with Gasteiger partial charge in [0.25, 0.3) is 0 Å². The van der Waals surface area contributed by atoms with E-state index in [1.54, 1.807) is 24.3 Å². The zero-order valence-electron chi connectivity index (χ0n) is 9.69. The summed E-state index contributed by atoms with van der Waals surface area (Å²) in [5.74, 6) is 0.207. The summed E-state index contributed by atoms with van der Waals surface area (Å²) in [6, 6.07) is 12.3. The van der Waals surface area contributed by atoms with Gasteiger partial charge in [0.15, 0.2) is 0 Å². The van der Waals surface area contributed by atoms with Crippen LogP contribution in [0.3, 0.4) is 0 Å². The molecule has 0 aliphatic heterocycles. The SMILES string of the molecule is Oc1ccc(N=Nc2nc3c(S)cccc3s2)cc1. The maximum Gasteiger partial charge on any atom is 0.231 e. The number of thiazole rings is 1. The quantitative estimate of drug-likeness (QED) is 0.530. The second-order valence-corrected chi connectivity index (χ2v) is 5.33. The predicted octanol–water partition coefficient (Wildman–Crippen LogP) is 4.71. The number of nitrogens with zero attached hydrogens (tertiary/aromatic N) is 3. The molecule has 2 aromatic carbocycles. The molecule has 0 bridgehead atoms. The fourth-order valence-corrected chi connectivity index (χ4v) is 2.73. The smallest absolute Gasteiger partial charge is 0.231 e. The minimum Gasteiger partial charge on any atom is -0.508 e. The van der Waals surface area contributed by atoms with Crippen LogP contribution in [-0.4, -0.2) is 10.1 Å². The highest BCUT2D eigenvalue weighted by molar-refractivity contribution is 7.80. The highest BCUT2D eigenvalue weighted by atomic mass is 32.1. The normalized spacial score (nSPS) is 11.4. The van der Waals surface area contributed by atoms with Crippen molar-refractivity contribution in [1.29, 1.82) is 0 Å². The molecule has 0 unspecified atom stereocenters. The lowest BCUT2D eigenvalue weighted by molar-refractivity contribution is 0.475. The lowest BCUT2D eigenvalue weighted by atomic mass is 10.3. The van der Waals surface area contributed by atoms with Crippen molar-refractivity contribution in [2.45, 2.75) is 4.90 Å². The second kappa shape index (κ2) is 4.99. The van der Waals surface area contributed by atoms with Crippen LogP contribution in [0, 0.1) is 0 Å². The summed E-state index contributed by atoms with van der Waals surface area (Å²) in [5, 5.41) is 17.9. The molecule has 1 N–H and O–H groups in total. The van der Waals surface area contributed by atoms with Crippen LogP contribution in [0.15, 0.2) is 57.6 Å². The van der Waals surface area contributed by atoms with Crippen molar-refractivity contribution in [2.24, 2.45) is 10.2 Å². The van der Waals surface area contributed by atoms with E-state index in [9.17, 15) is 5.11 Å². The van der Waals surface area contributed by atoms with E-state index in [0.717, 1.165) is 15.1 Å². The minimum absolute atomic E-state index is 0.207. The number of hydrogen-bond donors (Lipinski definition) is 2. The molecule has 3 aromatic rings. The van der Waals surface area contributed by atoms with Crippen LogP contribution >= 0.6 is 24.0 Å². The monoisotopic (exact) mass is 287 g/mol. The van der Waals surface area contributed by atoms with Crippen LogP contribution in [0.5, 0.6) is 5.75 Å². The first-order valence-corrected chi connectivity index (χ1v) is 6.78. The molecule has 94 valence electrons. The van der Waals surface area contributed by atoms with Gasteiger partial charge in [0, 0.05) is 4.90 Å². The van der Waals surface area contributed by atoms with Crippen LogP contribution in [0.4, 0.5) is 10.8 Å². The van der Waals surface area contributed by atoms with Crippen molar-refractivity contribution in [3.8, 4) is 5.75 Å². The van der Waals surface area contributed by atoms with Crippen LogP contribution in [0.2, 0.25) is 0 Å². The van der Waals surface area contributed by atoms with Crippen LogP contribution in [-0.2, 0) is 0 Å². The first-order chi connectivity index (χ1) is 9.22. The lowest BCUT2D eigenvalue weighted by Gasteiger charge is -1.91. The molecule has 0 aliphatic carbocycles. The van der Waals surface area contributed by atoms with Gasteiger partial charge in [-0.05, 0) is 36.4 Å². The molecule has 0 spiro atoms. The van der Waals surface area contributed by atoms with E-state index >= 15 is 0 Å². The molecule has 0 saturated heterocycles. The van der Waals surface area contributed by atoms with Gasteiger partial charge in [-0.2, -0.15) is 0 Å². The first kappa shape index (κ1) is 12.1. The number of hydrogen-bond acceptors (Lipinski definition) is 6. The summed E-state index contributed by atoms with van der Waals surface area (Å²) in [5.41, 5.74) is 1.51. The second-order valence-electron chi connectivity index (χ2n) is 3.84. The number of aromatic hydroxyl groups is 1. The van der Waals surface area contributed by atoms with Crippen LogP contribution < -0.4 is 0 Å². The van der Waals surface area contributed by atoms with Gasteiger partial charge in [-0.15, -0.1) is 22.9 Å². The molecule has 0 atom stereocenters. The molecule has 6 heteroatoms. The van der Waals surface area contributed by atoms with Gasteiger partial charge in [0.05, 0.1) is 15.9 Å². The van der Waals surface area contributed by atoms with Gasteiger partial charge in [-0.25, -0.2) is 4.98 Å². The number of rotatable bonds is 2. The van der Waals surface area contributed by atoms with Crippen molar-refractivity contribution in [2.75, 3.05) is 0 Å². The number of fused-ring (bicyclic) bond motifs is 1. The Balaban J connectivity index is 1.93. The molecule has 3 rings (SSSR count). The first-order valence-electron chi connectivity index (χ1n) is 5.52. The summed E-state index contributed by atoms with van der Waals surface area (Å²) < 4.78 is 1.03. The molecular weight excluding hydrogens is 278 g/mol. The summed E-state index contributed by atoms with van der Waals surface area (Å²) in [6.45, 7) is 0. The molecular formula is C13H9N3OS2. The number of azo groups is 1. The number of para-hydroxylation sites is 1. The average molecular weight is 287 g/mol. The predicted molar refractivity (Wildman–Crippen MR) is 79.2 cm³/mol. The molecule has 1 aromatic heterocycles. The Hall–Kier alpha value is -1.92. The van der Waals surface area contributed by atoms with E-state index in [2.05, 4.69) is 27.8 Å². The van der Waals surface area contributed by atoms with Crippen molar-refractivity contribution >= 4 is 45.0 Å². The zero-order chi connectivity index (χ0) is 13.2. The summed E-state index contributed by atoms with van der Waals surface area (Å²) in [4.78, 5) is 5.21. The summed E-state index contributed by atoms with van der Waals surface area (Å²) in [7, 11) is 0. The highest BCUT2D eigenvalue weighted by Gasteiger charge is 2.05. The Morgan fingerprint density at radius 2 is 1.84 bits per heavy atom. The van der Waals surface area contributed by atoms with Gasteiger partial charge in [0.2, 0.25) is 5.13 Å². The van der Waals surface area contributed by atoms with E-state index in [0.29, 0.717) is 10.8 Å². The Morgan fingerprint density at radius 3 is 2.58 bits per heavy atom. The lowest BCUT2D eigenvalue weighted by Crippen LogP contribution is -1.69. The fraction of sp³-hybridized carbons (Fsp3) is 0. The average Bonchev–Trinajstić information content (AvgIpc) is 2.83. The highest BCUT2D eigenvalue weighted by Crippen LogP contribution is 2.32. The van der Waals surface area contributed by atoms with E-state index in [1.807, 2.05) is 18.2 Å². The number of phenolic OH excluding ortho intramolecular Hbond substituents is 1. The topological polar surface area (TPSA) is 57.8 Å². The third-order valence-electron chi connectivity index (χ3n) is 2.49. The van der Waals surface area contributed by atoms with Crippen molar-refractivity contribution < 1.29 is 5.11 Å². The van der Waals surface area contributed by atoms with E-state index in [-0.39, 0.29) is 5.75 Å². The van der Waals surface area contributed by atoms with E-state index in [1.165, 1.54) is 11.3 Å². The van der Waals surface area contributed by atoms with Crippen LogP contribution in [0.25, 0.3) is 10.2 Å². The van der Waals surface area contributed by atoms with Crippen molar-refractivity contribution in [3.05, 3.63) is 42.5 Å². The summed E-state index contributed by atoms with van der Waals surface area (Å²) in [6.07, 6.45) is 0. The van der Waals surface area contributed by atoms with E-state index in [4.69, 9.17) is 0 Å². The zero-order valence-corrected chi connectivity index (χ0v) is 11.4. The fourth-order valence-electron chi connectivity index (χ4n) is 1.58. The molecule has 0 aliphatic rings. The van der Waals surface area contributed by atoms with Crippen molar-refractivity contribution in [3.63, 3.8) is 0 Å². The number of phenols is 1. The molecule has 0 fully saturated rings. The van der Waals surface area contributed by atoms with Crippen molar-refractivity contribution in [1.82, 2.24) is 4.98 Å². The molecule has 0 saturated carbocycles. The number of thiol groups is 1. The minimum atomic E-state index is 0.207. The number of benzene rings is 2. The van der Waals surface area contributed by atoms with Gasteiger partial charge in [0.1, 0.15) is 5.75 Å². The maximum atomic E-state index is 9.18. The van der Waals surface area contributed by atoms with Gasteiger partial charge >= 0.3 is 0 Å². The Morgan fingerprint density at radius 1 is 1.05 bits per heavy atom. The maximum absolute atomic E-state index is 9.18. The van der Waals surface area contributed by atoms with Gasteiger partial charge in [-0.3, -0.25) is 0 Å². The van der Waals surface area contributed by atoms with Gasteiger partial charge < -0.3 is 5.11 Å². The Labute approximate surface area is 118 Å². The largest absolute Gasteiger partial charge is 0.508 e. The molecule has 1 heterocycles. The molecule has 4 nitrogen and oxygen atoms in total. The third-order valence-corrected chi connectivity index (χ3v) is 3.75. The Kier molecular flexibility index (Phi) is 3.18. The summed E-state index contributed by atoms with van der Waals surface area (Å²) >= 11 is 5.82. The van der Waals surface area contributed by atoms with Crippen LogP contribution in [0.1, 0.15) is 0 Å². The standard InChI is InChI=1S/C13H9N3OS2/c17-9-6-4-8(5-7-9)15-16-13-14-12-10(18)2-1-3-11(12)19-13/h1-7,17-18H. The molecule has 0 amide bonds. The van der Waals surface area contributed by atoms with E-state index < -0.39 is 0 Å². The molecule has 19 heavy (non-hydrogen) atoms.